The Morgan fingerprint density at radius 3 is 2.71 bits per heavy atom. The molecule has 0 aliphatic carbocycles. The molecule has 0 N–H and O–H groups in total. The number of carbonyl (C=O) groups is 1. The van der Waals surface area contributed by atoms with Crippen LogP contribution in [0.1, 0.15) is 35.2 Å². The SMILES string of the molecule is O=C(c1cc2ccccc2oc1=O)N1CC[C@@]2(CCCN(Cc3ccccc3F)C2)C1. The Hall–Kier alpha value is -2.99. The first-order valence-corrected chi connectivity index (χ1v) is 10.8. The van der Waals surface area contributed by atoms with Crippen molar-refractivity contribution in [1.82, 2.24) is 9.80 Å². The van der Waals surface area contributed by atoms with E-state index in [4.69, 9.17) is 4.42 Å². The molecule has 2 aliphatic heterocycles. The molecule has 31 heavy (non-hydrogen) atoms. The standard InChI is InChI=1S/C25H25FN2O3/c26-21-8-3-1-7-19(21)15-27-12-5-10-25(16-27)11-13-28(17-25)23(29)20-14-18-6-2-4-9-22(18)31-24(20)30/h1-4,6-9,14H,5,10-13,15-17H2/t25-/m1/s1. The Bertz CT molecular complexity index is 1190. The Morgan fingerprint density at radius 2 is 1.84 bits per heavy atom. The van der Waals surface area contributed by atoms with Gasteiger partial charge in [0, 0.05) is 42.5 Å². The van der Waals surface area contributed by atoms with E-state index in [2.05, 4.69) is 4.90 Å². The van der Waals surface area contributed by atoms with E-state index in [1.807, 2.05) is 24.3 Å². The summed E-state index contributed by atoms with van der Waals surface area (Å²) in [6.07, 6.45) is 2.96. The third-order valence-electron chi connectivity index (χ3n) is 6.69. The lowest BCUT2D eigenvalue weighted by molar-refractivity contribution is 0.0670. The Kier molecular flexibility index (Phi) is 5.10. The zero-order chi connectivity index (χ0) is 21.4. The summed E-state index contributed by atoms with van der Waals surface area (Å²) in [7, 11) is 0. The van der Waals surface area contributed by atoms with E-state index in [-0.39, 0.29) is 22.7 Å². The van der Waals surface area contributed by atoms with Crippen LogP contribution in [0, 0.1) is 11.2 Å². The molecule has 3 heterocycles. The summed E-state index contributed by atoms with van der Waals surface area (Å²) in [5, 5.41) is 0.744. The molecule has 1 amide bonds. The second-order valence-corrected chi connectivity index (χ2v) is 8.87. The van der Waals surface area contributed by atoms with Crippen molar-refractivity contribution in [3.8, 4) is 0 Å². The van der Waals surface area contributed by atoms with E-state index < -0.39 is 5.63 Å². The van der Waals surface area contributed by atoms with Crippen molar-refractivity contribution < 1.29 is 13.6 Å². The molecule has 0 unspecified atom stereocenters. The molecule has 160 valence electrons. The predicted octanol–water partition coefficient (Wildman–Crippen LogP) is 4.06. The zero-order valence-electron chi connectivity index (χ0n) is 17.4. The maximum atomic E-state index is 14.1. The number of nitrogens with zero attached hydrogens (tertiary/aromatic N) is 2. The highest BCUT2D eigenvalue weighted by Crippen LogP contribution is 2.39. The lowest BCUT2D eigenvalue weighted by Crippen LogP contribution is -2.45. The number of hydrogen-bond acceptors (Lipinski definition) is 4. The minimum atomic E-state index is -0.588. The van der Waals surface area contributed by atoms with Crippen LogP contribution in [0.3, 0.4) is 0 Å². The summed E-state index contributed by atoms with van der Waals surface area (Å²) >= 11 is 0. The summed E-state index contributed by atoms with van der Waals surface area (Å²) in [5.74, 6) is -0.434. The number of carbonyl (C=O) groups excluding carboxylic acids is 1. The average molecular weight is 420 g/mol. The molecule has 0 bridgehead atoms. The fraction of sp³-hybridized carbons (Fsp3) is 0.360. The van der Waals surface area contributed by atoms with Gasteiger partial charge in [-0.15, -0.1) is 0 Å². The van der Waals surface area contributed by atoms with Crippen LogP contribution in [0.4, 0.5) is 4.39 Å². The number of rotatable bonds is 3. The normalized spacial score (nSPS) is 21.8. The van der Waals surface area contributed by atoms with Crippen LogP contribution in [0.2, 0.25) is 0 Å². The molecule has 3 aromatic rings. The van der Waals surface area contributed by atoms with Gasteiger partial charge in [0.25, 0.3) is 5.91 Å². The molecule has 2 aliphatic rings. The second-order valence-electron chi connectivity index (χ2n) is 8.87. The van der Waals surface area contributed by atoms with Gasteiger partial charge in [-0.3, -0.25) is 9.69 Å². The van der Waals surface area contributed by atoms with Crippen LogP contribution in [0.25, 0.3) is 11.0 Å². The van der Waals surface area contributed by atoms with Gasteiger partial charge in [-0.05, 0) is 44.0 Å². The molecular formula is C25H25FN2O3. The number of halogens is 1. The highest BCUT2D eigenvalue weighted by atomic mass is 19.1. The number of para-hydroxylation sites is 1. The van der Waals surface area contributed by atoms with Crippen molar-refractivity contribution in [3.05, 3.63) is 82.0 Å². The first-order chi connectivity index (χ1) is 15.0. The fourth-order valence-corrected chi connectivity index (χ4v) is 5.14. The number of piperidine rings is 1. The number of amides is 1. The van der Waals surface area contributed by atoms with Gasteiger partial charge in [0.05, 0.1) is 0 Å². The molecule has 5 rings (SSSR count). The van der Waals surface area contributed by atoms with Gasteiger partial charge in [-0.1, -0.05) is 36.4 Å². The minimum Gasteiger partial charge on any atom is -0.422 e. The zero-order valence-corrected chi connectivity index (χ0v) is 17.4. The molecule has 2 saturated heterocycles. The maximum absolute atomic E-state index is 14.1. The third kappa shape index (κ3) is 3.88. The smallest absolute Gasteiger partial charge is 0.349 e. The van der Waals surface area contributed by atoms with Crippen LogP contribution < -0.4 is 5.63 Å². The average Bonchev–Trinajstić information content (AvgIpc) is 3.17. The van der Waals surface area contributed by atoms with Crippen molar-refractivity contribution in [1.29, 1.82) is 0 Å². The van der Waals surface area contributed by atoms with E-state index in [1.54, 1.807) is 29.2 Å². The van der Waals surface area contributed by atoms with Crippen molar-refractivity contribution in [3.63, 3.8) is 0 Å². The summed E-state index contributed by atoms with van der Waals surface area (Å²) in [6.45, 7) is 3.58. The highest BCUT2D eigenvalue weighted by molar-refractivity contribution is 5.96. The van der Waals surface area contributed by atoms with Crippen molar-refractivity contribution in [2.75, 3.05) is 26.2 Å². The molecule has 2 fully saturated rings. The topological polar surface area (TPSA) is 53.8 Å². The largest absolute Gasteiger partial charge is 0.422 e. The predicted molar refractivity (Wildman–Crippen MR) is 116 cm³/mol. The summed E-state index contributed by atoms with van der Waals surface area (Å²) in [6, 6.07) is 15.8. The quantitative estimate of drug-likeness (QED) is 0.600. The molecule has 6 heteroatoms. The molecule has 1 aromatic heterocycles. The van der Waals surface area contributed by atoms with Gasteiger partial charge in [0.15, 0.2) is 0 Å². The van der Waals surface area contributed by atoms with Gasteiger partial charge < -0.3 is 9.32 Å². The summed E-state index contributed by atoms with van der Waals surface area (Å²) in [5.41, 5.74) is 0.692. The van der Waals surface area contributed by atoms with Crippen LogP contribution in [0.5, 0.6) is 0 Å². The molecule has 1 atom stereocenters. The monoisotopic (exact) mass is 420 g/mol. The molecule has 1 spiro atoms. The van der Waals surface area contributed by atoms with E-state index in [0.717, 1.165) is 37.7 Å². The van der Waals surface area contributed by atoms with Crippen LogP contribution in [-0.4, -0.2) is 41.9 Å². The number of benzene rings is 2. The molecule has 0 radical (unpaired) electrons. The van der Waals surface area contributed by atoms with E-state index in [0.29, 0.717) is 30.8 Å². The highest BCUT2D eigenvalue weighted by Gasteiger charge is 2.43. The van der Waals surface area contributed by atoms with E-state index in [9.17, 15) is 14.0 Å². The summed E-state index contributed by atoms with van der Waals surface area (Å²) < 4.78 is 19.5. The molecule has 5 nitrogen and oxygen atoms in total. The van der Waals surface area contributed by atoms with Gasteiger partial charge in [-0.2, -0.15) is 0 Å². The lowest BCUT2D eigenvalue weighted by atomic mass is 9.79. The van der Waals surface area contributed by atoms with Crippen molar-refractivity contribution in [2.24, 2.45) is 5.41 Å². The second kappa shape index (κ2) is 7.93. The van der Waals surface area contributed by atoms with E-state index in [1.165, 1.54) is 6.07 Å². The van der Waals surface area contributed by atoms with Crippen LogP contribution >= 0.6 is 0 Å². The Labute approximate surface area is 180 Å². The van der Waals surface area contributed by atoms with Gasteiger partial charge in [-0.25, -0.2) is 9.18 Å². The third-order valence-corrected chi connectivity index (χ3v) is 6.69. The Morgan fingerprint density at radius 1 is 1.03 bits per heavy atom. The number of likely N-dealkylation sites (tertiary alicyclic amines) is 2. The van der Waals surface area contributed by atoms with Crippen molar-refractivity contribution >= 4 is 16.9 Å². The van der Waals surface area contributed by atoms with Crippen LogP contribution in [-0.2, 0) is 6.54 Å². The minimum absolute atomic E-state index is 0.00376. The van der Waals surface area contributed by atoms with Crippen molar-refractivity contribution in [2.45, 2.75) is 25.8 Å². The number of hydrogen-bond donors (Lipinski definition) is 0. The fourth-order valence-electron chi connectivity index (χ4n) is 5.14. The maximum Gasteiger partial charge on any atom is 0.349 e. The van der Waals surface area contributed by atoms with Crippen LogP contribution in [0.15, 0.2) is 63.8 Å². The first kappa shape index (κ1) is 19.9. The molecular weight excluding hydrogens is 395 g/mol. The number of fused-ring (bicyclic) bond motifs is 1. The van der Waals surface area contributed by atoms with Gasteiger partial charge >= 0.3 is 5.63 Å². The molecule has 0 saturated carbocycles. The molecule has 2 aromatic carbocycles. The lowest BCUT2D eigenvalue weighted by Gasteiger charge is -2.40. The Balaban J connectivity index is 1.32. The van der Waals surface area contributed by atoms with E-state index >= 15 is 0 Å². The van der Waals surface area contributed by atoms with Gasteiger partial charge in [0.1, 0.15) is 17.0 Å². The first-order valence-electron chi connectivity index (χ1n) is 10.8. The summed E-state index contributed by atoms with van der Waals surface area (Å²) in [4.78, 5) is 29.7. The van der Waals surface area contributed by atoms with Gasteiger partial charge in [0.2, 0.25) is 0 Å².